The summed E-state index contributed by atoms with van der Waals surface area (Å²) in [6.45, 7) is 5.56. The normalized spacial score (nSPS) is 16.4. The molecule has 1 aliphatic rings. The van der Waals surface area contributed by atoms with Crippen LogP contribution < -0.4 is 4.80 Å². The van der Waals surface area contributed by atoms with Gasteiger partial charge in [-0.05, 0) is 74.4 Å². The molecular formula is C24H28ClN3O3S3. The molecule has 1 aliphatic heterocycles. The van der Waals surface area contributed by atoms with Crippen LogP contribution in [-0.2, 0) is 21.4 Å². The molecule has 2 heterocycles. The Morgan fingerprint density at radius 1 is 1.18 bits per heavy atom. The number of halogens is 1. The lowest BCUT2D eigenvalue weighted by Crippen LogP contribution is -2.40. The number of rotatable bonds is 6. The molecular weight excluding hydrogens is 510 g/mol. The zero-order chi connectivity index (χ0) is 24.5. The van der Waals surface area contributed by atoms with Crippen molar-refractivity contribution in [3.05, 3.63) is 57.3 Å². The first kappa shape index (κ1) is 25.4. The quantitative estimate of drug-likeness (QED) is 0.450. The van der Waals surface area contributed by atoms with E-state index in [1.54, 1.807) is 35.2 Å². The molecule has 0 bridgehead atoms. The number of sulfonamides is 1. The number of fused-ring (bicyclic) bond motifs is 1. The summed E-state index contributed by atoms with van der Waals surface area (Å²) in [5.74, 6) is 0.488. The second-order valence-electron chi connectivity index (χ2n) is 8.54. The van der Waals surface area contributed by atoms with Gasteiger partial charge in [0.1, 0.15) is 0 Å². The highest BCUT2D eigenvalue weighted by atomic mass is 35.5. The molecule has 3 aromatic rings. The van der Waals surface area contributed by atoms with Crippen LogP contribution >= 0.6 is 34.7 Å². The smallest absolute Gasteiger partial charge is 0.251 e. The highest BCUT2D eigenvalue weighted by Gasteiger charge is 2.32. The maximum absolute atomic E-state index is 13.1. The van der Waals surface area contributed by atoms with E-state index in [-0.39, 0.29) is 16.7 Å². The molecule has 34 heavy (non-hydrogen) atoms. The van der Waals surface area contributed by atoms with Crippen molar-refractivity contribution in [3.8, 4) is 0 Å². The minimum atomic E-state index is -3.60. The van der Waals surface area contributed by atoms with E-state index >= 15 is 0 Å². The first-order valence-electron chi connectivity index (χ1n) is 11.1. The van der Waals surface area contributed by atoms with Crippen molar-refractivity contribution in [2.75, 3.05) is 25.1 Å². The van der Waals surface area contributed by atoms with Gasteiger partial charge in [-0.15, -0.1) is 0 Å². The van der Waals surface area contributed by atoms with Gasteiger partial charge in [-0.25, -0.2) is 8.42 Å². The van der Waals surface area contributed by atoms with Crippen LogP contribution in [0.25, 0.3) is 10.2 Å². The molecule has 2 aromatic carbocycles. The average Bonchev–Trinajstić information content (AvgIpc) is 3.15. The van der Waals surface area contributed by atoms with Gasteiger partial charge >= 0.3 is 0 Å². The van der Waals surface area contributed by atoms with Gasteiger partial charge in [-0.3, -0.25) is 4.79 Å². The van der Waals surface area contributed by atoms with Crippen molar-refractivity contribution >= 4 is 60.8 Å². The van der Waals surface area contributed by atoms with Crippen molar-refractivity contribution in [3.63, 3.8) is 0 Å². The van der Waals surface area contributed by atoms with Crippen molar-refractivity contribution in [1.82, 2.24) is 8.87 Å². The number of thiazole rings is 1. The summed E-state index contributed by atoms with van der Waals surface area (Å²) in [7, 11) is -3.60. The summed E-state index contributed by atoms with van der Waals surface area (Å²) in [6, 6.07) is 10.5. The summed E-state index contributed by atoms with van der Waals surface area (Å²) < 4.78 is 30.6. The Morgan fingerprint density at radius 2 is 1.85 bits per heavy atom. The SMILES string of the molecule is CSCCn1c(=NC(=O)C2CCN(S(=O)(=O)c3ccc(Cl)cc3)CC2)sc2c(C)cc(C)cc21. The van der Waals surface area contributed by atoms with Crippen molar-refractivity contribution in [2.45, 2.75) is 38.1 Å². The molecule has 1 fully saturated rings. The van der Waals surface area contributed by atoms with Crippen LogP contribution in [0.5, 0.6) is 0 Å². The summed E-state index contributed by atoms with van der Waals surface area (Å²) in [5.41, 5.74) is 3.49. The highest BCUT2D eigenvalue weighted by molar-refractivity contribution is 7.98. The number of aryl methyl sites for hydroxylation is 3. The number of hydrogen-bond acceptors (Lipinski definition) is 5. The number of thioether (sulfide) groups is 1. The molecule has 4 rings (SSSR count). The van der Waals surface area contributed by atoms with Crippen LogP contribution in [0.4, 0.5) is 0 Å². The third kappa shape index (κ3) is 5.28. The topological polar surface area (TPSA) is 71.7 Å². The fourth-order valence-electron chi connectivity index (χ4n) is 4.28. The first-order valence-corrected chi connectivity index (χ1v) is 15.2. The number of aromatic nitrogens is 1. The second kappa shape index (κ2) is 10.5. The van der Waals surface area contributed by atoms with E-state index in [9.17, 15) is 13.2 Å². The number of piperidine rings is 1. The number of nitrogens with zero attached hydrogens (tertiary/aromatic N) is 3. The minimum absolute atomic E-state index is 0.164. The van der Waals surface area contributed by atoms with E-state index in [1.165, 1.54) is 27.6 Å². The van der Waals surface area contributed by atoms with Gasteiger partial charge in [0.25, 0.3) is 5.91 Å². The van der Waals surface area contributed by atoms with Gasteiger partial charge in [0.05, 0.1) is 15.1 Å². The average molecular weight is 538 g/mol. The molecule has 1 amide bonds. The molecule has 1 saturated heterocycles. The number of amides is 1. The molecule has 0 aliphatic carbocycles. The van der Waals surface area contributed by atoms with Gasteiger partial charge in [0, 0.05) is 36.3 Å². The predicted octanol–water partition coefficient (Wildman–Crippen LogP) is 4.86. The fraction of sp³-hybridized carbons (Fsp3) is 0.417. The van der Waals surface area contributed by atoms with Gasteiger partial charge in [0.2, 0.25) is 10.0 Å². The Morgan fingerprint density at radius 3 is 2.50 bits per heavy atom. The zero-order valence-electron chi connectivity index (χ0n) is 19.5. The monoisotopic (exact) mass is 537 g/mol. The summed E-state index contributed by atoms with van der Waals surface area (Å²) in [5, 5.41) is 0.492. The van der Waals surface area contributed by atoms with Gasteiger partial charge in [0.15, 0.2) is 4.80 Å². The number of hydrogen-bond donors (Lipinski definition) is 0. The van der Waals surface area contributed by atoms with Crippen molar-refractivity contribution in [1.29, 1.82) is 0 Å². The standard InChI is InChI=1S/C24H28ClN3O3S3/c1-16-14-17(2)22-21(15-16)28(12-13-32-3)24(33-22)26-23(29)18-8-10-27(11-9-18)34(30,31)20-6-4-19(25)5-7-20/h4-7,14-15,18H,8-13H2,1-3H3. The number of benzene rings is 2. The van der Waals surface area contributed by atoms with Crippen molar-refractivity contribution < 1.29 is 13.2 Å². The van der Waals surface area contributed by atoms with E-state index in [0.29, 0.717) is 31.0 Å². The lowest BCUT2D eigenvalue weighted by atomic mass is 9.98. The largest absolute Gasteiger partial charge is 0.315 e. The van der Waals surface area contributed by atoms with Crippen LogP contribution in [-0.4, -0.2) is 48.3 Å². The number of carbonyl (C=O) groups is 1. The maximum atomic E-state index is 13.1. The Kier molecular flexibility index (Phi) is 7.89. The van der Waals surface area contributed by atoms with Crippen LogP contribution in [0.15, 0.2) is 46.3 Å². The molecule has 0 atom stereocenters. The molecule has 182 valence electrons. The predicted molar refractivity (Wildman–Crippen MR) is 141 cm³/mol. The van der Waals surface area contributed by atoms with Crippen LogP contribution in [0.1, 0.15) is 24.0 Å². The molecule has 0 spiro atoms. The fourth-order valence-corrected chi connectivity index (χ4v) is 7.35. The Hall–Kier alpha value is -1.65. The molecule has 6 nitrogen and oxygen atoms in total. The lowest BCUT2D eigenvalue weighted by Gasteiger charge is -2.29. The lowest BCUT2D eigenvalue weighted by molar-refractivity contribution is -0.122. The van der Waals surface area contributed by atoms with Crippen LogP contribution in [0.3, 0.4) is 0 Å². The second-order valence-corrected chi connectivity index (χ2v) is 12.9. The van der Waals surface area contributed by atoms with E-state index < -0.39 is 10.0 Å². The van der Waals surface area contributed by atoms with Crippen LogP contribution in [0, 0.1) is 19.8 Å². The molecule has 0 radical (unpaired) electrons. The Bertz CT molecular complexity index is 1370. The molecule has 0 saturated carbocycles. The number of carbonyl (C=O) groups excluding carboxylic acids is 1. The molecule has 0 unspecified atom stereocenters. The van der Waals surface area contributed by atoms with Crippen LogP contribution in [0.2, 0.25) is 5.02 Å². The molecule has 10 heteroatoms. The summed E-state index contributed by atoms with van der Waals surface area (Å²) >= 11 is 9.21. The Balaban J connectivity index is 1.55. The van der Waals surface area contributed by atoms with E-state index in [4.69, 9.17) is 11.6 Å². The molecule has 1 aromatic heterocycles. The highest BCUT2D eigenvalue weighted by Crippen LogP contribution is 2.27. The zero-order valence-corrected chi connectivity index (χ0v) is 22.7. The van der Waals surface area contributed by atoms with Gasteiger partial charge in [-0.2, -0.15) is 21.1 Å². The minimum Gasteiger partial charge on any atom is -0.315 e. The maximum Gasteiger partial charge on any atom is 0.251 e. The van der Waals surface area contributed by atoms with Crippen molar-refractivity contribution in [2.24, 2.45) is 10.9 Å². The first-order chi connectivity index (χ1) is 16.2. The summed E-state index contributed by atoms with van der Waals surface area (Å²) in [6.07, 6.45) is 2.99. The third-order valence-electron chi connectivity index (χ3n) is 6.09. The van der Waals surface area contributed by atoms with Gasteiger partial charge < -0.3 is 4.57 Å². The molecule has 0 N–H and O–H groups in total. The van der Waals surface area contributed by atoms with E-state index in [0.717, 1.165) is 27.3 Å². The van der Waals surface area contributed by atoms with E-state index in [2.05, 4.69) is 41.8 Å². The van der Waals surface area contributed by atoms with E-state index in [1.807, 2.05) is 0 Å². The third-order valence-corrected chi connectivity index (χ3v) is 10.1. The summed E-state index contributed by atoms with van der Waals surface area (Å²) in [4.78, 5) is 18.6. The van der Waals surface area contributed by atoms with Gasteiger partial charge in [-0.1, -0.05) is 29.0 Å². The Labute approximate surface area is 213 Å².